The largest absolute Gasteiger partial charge is 0.481 e. The Kier molecular flexibility index (Phi) is 5.51. The molecule has 1 aliphatic carbocycles. The standard InChI is InChI=1S/C19H23ClN2O4/c20-15-4-2-14(3-5-15)12-16(23)21-8-10-22(11-9-21)17(24)13-19(18(25)26)6-1-7-19/h2-5H,1,6-13H2,(H,25,26). The molecule has 1 saturated heterocycles. The van der Waals surface area contributed by atoms with Gasteiger partial charge in [0.1, 0.15) is 0 Å². The van der Waals surface area contributed by atoms with Crippen LogP contribution < -0.4 is 0 Å². The average molecular weight is 379 g/mol. The number of rotatable bonds is 5. The van der Waals surface area contributed by atoms with Crippen molar-refractivity contribution >= 4 is 29.4 Å². The lowest BCUT2D eigenvalue weighted by Gasteiger charge is -2.40. The molecule has 0 spiro atoms. The molecule has 2 aliphatic rings. The normalized spacial score (nSPS) is 19.0. The van der Waals surface area contributed by atoms with Crippen molar-refractivity contribution in [1.29, 1.82) is 0 Å². The maximum Gasteiger partial charge on any atom is 0.310 e. The van der Waals surface area contributed by atoms with E-state index < -0.39 is 11.4 Å². The van der Waals surface area contributed by atoms with E-state index in [0.29, 0.717) is 50.5 Å². The van der Waals surface area contributed by atoms with Gasteiger partial charge in [-0.15, -0.1) is 0 Å². The second kappa shape index (κ2) is 7.66. The molecule has 0 bridgehead atoms. The topological polar surface area (TPSA) is 77.9 Å². The Morgan fingerprint density at radius 1 is 0.962 bits per heavy atom. The second-order valence-electron chi connectivity index (χ2n) is 7.18. The lowest BCUT2D eigenvalue weighted by molar-refractivity contribution is -0.160. The molecule has 2 amide bonds. The minimum atomic E-state index is -0.867. The Hall–Kier alpha value is -2.08. The van der Waals surface area contributed by atoms with Gasteiger partial charge < -0.3 is 14.9 Å². The zero-order chi connectivity index (χ0) is 18.7. The summed E-state index contributed by atoms with van der Waals surface area (Å²) >= 11 is 5.85. The second-order valence-corrected chi connectivity index (χ2v) is 7.62. The van der Waals surface area contributed by atoms with Crippen LogP contribution in [0.4, 0.5) is 0 Å². The third-order valence-corrected chi connectivity index (χ3v) is 5.76. The summed E-state index contributed by atoms with van der Waals surface area (Å²) in [6.07, 6.45) is 2.40. The lowest BCUT2D eigenvalue weighted by Crippen LogP contribution is -2.52. The number of aliphatic carboxylic acids is 1. The molecule has 26 heavy (non-hydrogen) atoms. The predicted octanol–water partition coefficient (Wildman–Crippen LogP) is 2.20. The van der Waals surface area contributed by atoms with E-state index in [-0.39, 0.29) is 18.2 Å². The molecular formula is C19H23ClN2O4. The van der Waals surface area contributed by atoms with Gasteiger partial charge in [0.05, 0.1) is 11.8 Å². The van der Waals surface area contributed by atoms with Crippen LogP contribution in [0.15, 0.2) is 24.3 Å². The van der Waals surface area contributed by atoms with Crippen LogP contribution in [0, 0.1) is 5.41 Å². The molecule has 1 aromatic carbocycles. The smallest absolute Gasteiger partial charge is 0.310 e. The highest BCUT2D eigenvalue weighted by Crippen LogP contribution is 2.44. The molecule has 1 aromatic rings. The van der Waals surface area contributed by atoms with Gasteiger partial charge in [0, 0.05) is 37.6 Å². The van der Waals surface area contributed by atoms with Crippen LogP contribution in [-0.4, -0.2) is 58.9 Å². The molecule has 7 heteroatoms. The van der Waals surface area contributed by atoms with Crippen LogP contribution in [0.1, 0.15) is 31.2 Å². The first-order valence-electron chi connectivity index (χ1n) is 8.93. The van der Waals surface area contributed by atoms with E-state index in [1.165, 1.54) is 0 Å². The molecule has 3 rings (SSSR count). The third kappa shape index (κ3) is 4.01. The van der Waals surface area contributed by atoms with Crippen LogP contribution in [0.3, 0.4) is 0 Å². The van der Waals surface area contributed by atoms with E-state index >= 15 is 0 Å². The molecule has 6 nitrogen and oxygen atoms in total. The van der Waals surface area contributed by atoms with Crippen LogP contribution in [-0.2, 0) is 20.8 Å². The monoisotopic (exact) mass is 378 g/mol. The fourth-order valence-electron chi connectivity index (χ4n) is 3.57. The van der Waals surface area contributed by atoms with E-state index in [2.05, 4.69) is 0 Å². The van der Waals surface area contributed by atoms with Crippen molar-refractivity contribution in [3.63, 3.8) is 0 Å². The Morgan fingerprint density at radius 3 is 1.96 bits per heavy atom. The van der Waals surface area contributed by atoms with Gasteiger partial charge in [0.15, 0.2) is 0 Å². The van der Waals surface area contributed by atoms with Gasteiger partial charge in [-0.1, -0.05) is 30.2 Å². The number of hydrogen-bond acceptors (Lipinski definition) is 3. The molecule has 2 fully saturated rings. The fourth-order valence-corrected chi connectivity index (χ4v) is 3.69. The van der Waals surface area contributed by atoms with Crippen LogP contribution >= 0.6 is 11.6 Å². The summed E-state index contributed by atoms with van der Waals surface area (Å²) < 4.78 is 0. The molecule has 1 heterocycles. The van der Waals surface area contributed by atoms with E-state index in [1.54, 1.807) is 21.9 Å². The number of carboxylic acid groups (broad SMARTS) is 1. The number of piperazine rings is 1. The summed E-state index contributed by atoms with van der Waals surface area (Å²) in [6, 6.07) is 7.20. The highest BCUT2D eigenvalue weighted by Gasteiger charge is 2.46. The SMILES string of the molecule is O=C(Cc1ccc(Cl)cc1)N1CCN(C(=O)CC2(C(=O)O)CCC2)CC1. The van der Waals surface area contributed by atoms with Gasteiger partial charge in [0.2, 0.25) is 11.8 Å². The fraction of sp³-hybridized carbons (Fsp3) is 0.526. The number of amides is 2. The quantitative estimate of drug-likeness (QED) is 0.852. The van der Waals surface area contributed by atoms with Crippen molar-refractivity contribution in [2.75, 3.05) is 26.2 Å². The highest BCUT2D eigenvalue weighted by atomic mass is 35.5. The summed E-state index contributed by atoms with van der Waals surface area (Å²) in [7, 11) is 0. The average Bonchev–Trinajstić information content (AvgIpc) is 2.59. The zero-order valence-corrected chi connectivity index (χ0v) is 15.4. The first kappa shape index (κ1) is 18.7. The number of benzene rings is 1. The zero-order valence-electron chi connectivity index (χ0n) is 14.6. The Bertz CT molecular complexity index is 692. The summed E-state index contributed by atoms with van der Waals surface area (Å²) in [4.78, 5) is 39.7. The van der Waals surface area contributed by atoms with Crippen molar-refractivity contribution in [2.24, 2.45) is 5.41 Å². The minimum absolute atomic E-state index is 0.0282. The van der Waals surface area contributed by atoms with Gasteiger partial charge >= 0.3 is 5.97 Å². The summed E-state index contributed by atoms with van der Waals surface area (Å²) in [5, 5.41) is 10.0. The lowest BCUT2D eigenvalue weighted by atomic mass is 9.66. The van der Waals surface area contributed by atoms with E-state index in [9.17, 15) is 19.5 Å². The Morgan fingerprint density at radius 2 is 1.50 bits per heavy atom. The molecule has 1 aliphatic heterocycles. The van der Waals surface area contributed by atoms with Crippen molar-refractivity contribution in [3.8, 4) is 0 Å². The molecule has 0 atom stereocenters. The Balaban J connectivity index is 1.49. The predicted molar refractivity (Wildman–Crippen MR) is 96.9 cm³/mol. The van der Waals surface area contributed by atoms with E-state index in [4.69, 9.17) is 11.6 Å². The number of carboxylic acids is 1. The maximum atomic E-state index is 12.5. The van der Waals surface area contributed by atoms with Crippen molar-refractivity contribution < 1.29 is 19.5 Å². The van der Waals surface area contributed by atoms with Gasteiger partial charge in [-0.25, -0.2) is 0 Å². The van der Waals surface area contributed by atoms with Crippen molar-refractivity contribution in [3.05, 3.63) is 34.9 Å². The molecule has 140 valence electrons. The summed E-state index contributed by atoms with van der Waals surface area (Å²) in [5.41, 5.74) is 0.0461. The first-order chi connectivity index (χ1) is 12.4. The number of carbonyl (C=O) groups excluding carboxylic acids is 2. The highest BCUT2D eigenvalue weighted by molar-refractivity contribution is 6.30. The van der Waals surface area contributed by atoms with Crippen LogP contribution in [0.2, 0.25) is 5.02 Å². The van der Waals surface area contributed by atoms with Crippen molar-refractivity contribution in [1.82, 2.24) is 9.80 Å². The summed E-state index contributed by atoms with van der Waals surface area (Å²) in [5.74, 6) is -0.953. The van der Waals surface area contributed by atoms with Gasteiger partial charge in [-0.2, -0.15) is 0 Å². The van der Waals surface area contributed by atoms with Gasteiger partial charge in [0.25, 0.3) is 0 Å². The number of nitrogens with zero attached hydrogens (tertiary/aromatic N) is 2. The van der Waals surface area contributed by atoms with E-state index in [1.807, 2.05) is 12.1 Å². The summed E-state index contributed by atoms with van der Waals surface area (Å²) in [6.45, 7) is 1.89. The molecule has 1 saturated carbocycles. The van der Waals surface area contributed by atoms with Crippen LogP contribution in [0.25, 0.3) is 0 Å². The minimum Gasteiger partial charge on any atom is -0.481 e. The molecule has 0 radical (unpaired) electrons. The molecule has 0 aromatic heterocycles. The number of halogens is 1. The third-order valence-electron chi connectivity index (χ3n) is 5.51. The van der Waals surface area contributed by atoms with Crippen molar-refractivity contribution in [2.45, 2.75) is 32.1 Å². The van der Waals surface area contributed by atoms with Gasteiger partial charge in [-0.05, 0) is 30.5 Å². The number of hydrogen-bond donors (Lipinski definition) is 1. The Labute approximate surface area is 157 Å². The molecule has 0 unspecified atom stereocenters. The maximum absolute atomic E-state index is 12.5. The molecular weight excluding hydrogens is 356 g/mol. The molecule has 1 N–H and O–H groups in total. The first-order valence-corrected chi connectivity index (χ1v) is 9.31. The van der Waals surface area contributed by atoms with Crippen LogP contribution in [0.5, 0.6) is 0 Å². The van der Waals surface area contributed by atoms with Gasteiger partial charge in [-0.3, -0.25) is 14.4 Å². The number of carbonyl (C=O) groups is 3. The van der Waals surface area contributed by atoms with E-state index in [0.717, 1.165) is 12.0 Å².